The molecule has 23 heavy (non-hydrogen) atoms. The van der Waals surface area contributed by atoms with Crippen molar-refractivity contribution in [2.24, 2.45) is 5.73 Å². The standard InChI is InChI=1S/C18H20N4O/c1-13-12-22-8-7-16(10-17(22)20-13)21-18(23)6-5-14-3-2-4-15(9-14)11-19/h2-4,7-10,12H,5-6,11,19H2,1H3,(H,21,23). The van der Waals surface area contributed by atoms with Crippen molar-refractivity contribution >= 4 is 17.2 Å². The fourth-order valence-corrected chi connectivity index (χ4v) is 2.58. The fraction of sp³-hybridized carbons (Fsp3) is 0.222. The topological polar surface area (TPSA) is 72.4 Å². The van der Waals surface area contributed by atoms with E-state index in [1.54, 1.807) is 0 Å². The number of pyridine rings is 1. The Hall–Kier alpha value is -2.66. The van der Waals surface area contributed by atoms with E-state index in [0.29, 0.717) is 19.4 Å². The van der Waals surface area contributed by atoms with E-state index in [4.69, 9.17) is 5.73 Å². The second kappa shape index (κ2) is 6.62. The van der Waals surface area contributed by atoms with Gasteiger partial charge >= 0.3 is 0 Å². The van der Waals surface area contributed by atoms with Gasteiger partial charge in [-0.3, -0.25) is 4.79 Å². The zero-order valence-electron chi connectivity index (χ0n) is 13.1. The molecule has 0 aliphatic rings. The van der Waals surface area contributed by atoms with Crippen molar-refractivity contribution in [3.63, 3.8) is 0 Å². The molecule has 0 aliphatic carbocycles. The van der Waals surface area contributed by atoms with Crippen LogP contribution in [0.4, 0.5) is 5.69 Å². The smallest absolute Gasteiger partial charge is 0.224 e. The maximum atomic E-state index is 12.1. The van der Waals surface area contributed by atoms with Gasteiger partial charge in [-0.15, -0.1) is 0 Å². The van der Waals surface area contributed by atoms with Crippen molar-refractivity contribution in [3.05, 3.63) is 65.6 Å². The van der Waals surface area contributed by atoms with Gasteiger partial charge in [0.2, 0.25) is 5.91 Å². The maximum Gasteiger partial charge on any atom is 0.224 e. The molecule has 5 nitrogen and oxygen atoms in total. The highest BCUT2D eigenvalue weighted by Gasteiger charge is 2.05. The number of amides is 1. The Morgan fingerprint density at radius 2 is 2.09 bits per heavy atom. The second-order valence-electron chi connectivity index (χ2n) is 5.64. The first-order valence-corrected chi connectivity index (χ1v) is 7.67. The third kappa shape index (κ3) is 3.76. The number of aryl methyl sites for hydroxylation is 2. The van der Waals surface area contributed by atoms with Crippen molar-refractivity contribution < 1.29 is 4.79 Å². The number of hydrogen-bond acceptors (Lipinski definition) is 3. The molecule has 0 atom stereocenters. The van der Waals surface area contributed by atoms with Crippen molar-refractivity contribution in [2.75, 3.05) is 5.32 Å². The van der Waals surface area contributed by atoms with Gasteiger partial charge in [0.05, 0.1) is 5.69 Å². The molecule has 2 aromatic heterocycles. The molecule has 5 heteroatoms. The summed E-state index contributed by atoms with van der Waals surface area (Å²) >= 11 is 0. The minimum atomic E-state index is -0.00391. The Labute approximate surface area is 135 Å². The van der Waals surface area contributed by atoms with Crippen LogP contribution in [0.2, 0.25) is 0 Å². The lowest BCUT2D eigenvalue weighted by Gasteiger charge is -2.06. The van der Waals surface area contributed by atoms with Gasteiger partial charge in [0.25, 0.3) is 0 Å². The number of rotatable bonds is 5. The number of aromatic nitrogens is 2. The summed E-state index contributed by atoms with van der Waals surface area (Å²) < 4.78 is 1.93. The van der Waals surface area contributed by atoms with Crippen molar-refractivity contribution in [1.82, 2.24) is 9.38 Å². The molecule has 1 amide bonds. The molecule has 2 heterocycles. The lowest BCUT2D eigenvalue weighted by atomic mass is 10.1. The minimum absolute atomic E-state index is 0.00391. The summed E-state index contributed by atoms with van der Waals surface area (Å²) in [5.74, 6) is -0.00391. The number of imidazole rings is 1. The van der Waals surface area contributed by atoms with Gasteiger partial charge in [0.15, 0.2) is 0 Å². The van der Waals surface area contributed by atoms with Crippen molar-refractivity contribution in [3.8, 4) is 0 Å². The van der Waals surface area contributed by atoms with Crippen molar-refractivity contribution in [1.29, 1.82) is 0 Å². The molecule has 0 bridgehead atoms. The molecule has 0 saturated carbocycles. The van der Waals surface area contributed by atoms with Crippen molar-refractivity contribution in [2.45, 2.75) is 26.3 Å². The summed E-state index contributed by atoms with van der Waals surface area (Å²) in [5.41, 5.74) is 10.4. The lowest BCUT2D eigenvalue weighted by molar-refractivity contribution is -0.116. The number of nitrogens with two attached hydrogens (primary N) is 1. The van der Waals surface area contributed by atoms with Crippen LogP contribution in [0.5, 0.6) is 0 Å². The van der Waals surface area contributed by atoms with Gasteiger partial charge < -0.3 is 15.5 Å². The van der Waals surface area contributed by atoms with Gasteiger partial charge in [-0.2, -0.15) is 0 Å². The predicted octanol–water partition coefficient (Wildman–Crippen LogP) is 2.67. The average Bonchev–Trinajstić information content (AvgIpc) is 2.92. The number of hydrogen-bond donors (Lipinski definition) is 2. The molecule has 0 radical (unpaired) electrons. The van der Waals surface area contributed by atoms with Gasteiger partial charge in [0.1, 0.15) is 5.65 Å². The number of benzene rings is 1. The number of carbonyl (C=O) groups excluding carboxylic acids is 1. The van der Waals surface area contributed by atoms with Crippen LogP contribution in [0.15, 0.2) is 48.8 Å². The molecular weight excluding hydrogens is 288 g/mol. The van der Waals surface area contributed by atoms with Gasteiger partial charge in [-0.05, 0) is 30.5 Å². The highest BCUT2D eigenvalue weighted by Crippen LogP contribution is 2.13. The Morgan fingerprint density at radius 1 is 1.26 bits per heavy atom. The van der Waals surface area contributed by atoms with E-state index >= 15 is 0 Å². The Bertz CT molecular complexity index is 838. The highest BCUT2D eigenvalue weighted by atomic mass is 16.1. The molecule has 3 rings (SSSR count). The lowest BCUT2D eigenvalue weighted by Crippen LogP contribution is -2.12. The number of nitrogens with zero attached hydrogens (tertiary/aromatic N) is 2. The third-order valence-corrected chi connectivity index (χ3v) is 3.73. The summed E-state index contributed by atoms with van der Waals surface area (Å²) in [6, 6.07) is 11.8. The van der Waals surface area contributed by atoms with E-state index in [9.17, 15) is 4.79 Å². The molecule has 3 N–H and O–H groups in total. The molecule has 0 aliphatic heterocycles. The summed E-state index contributed by atoms with van der Waals surface area (Å²) in [5, 5.41) is 2.93. The molecule has 0 spiro atoms. The summed E-state index contributed by atoms with van der Waals surface area (Å²) in [6.07, 6.45) is 4.98. The van der Waals surface area contributed by atoms with Crippen LogP contribution >= 0.6 is 0 Å². The largest absolute Gasteiger partial charge is 0.326 e. The number of anilines is 1. The molecule has 0 fully saturated rings. The zero-order valence-corrected chi connectivity index (χ0v) is 13.1. The third-order valence-electron chi connectivity index (χ3n) is 3.73. The first-order chi connectivity index (χ1) is 11.1. The Balaban J connectivity index is 1.61. The van der Waals surface area contributed by atoms with Gasteiger partial charge in [0, 0.05) is 37.1 Å². The molecule has 0 unspecified atom stereocenters. The SMILES string of the molecule is Cc1cn2ccc(NC(=O)CCc3cccc(CN)c3)cc2n1. The van der Waals surface area contributed by atoms with Gasteiger partial charge in [-0.25, -0.2) is 4.98 Å². The quantitative estimate of drug-likeness (QED) is 0.761. The number of nitrogens with one attached hydrogen (secondary N) is 1. The fourth-order valence-electron chi connectivity index (χ4n) is 2.58. The van der Waals surface area contributed by atoms with E-state index in [0.717, 1.165) is 28.2 Å². The van der Waals surface area contributed by atoms with Crippen LogP contribution < -0.4 is 11.1 Å². The number of carbonyl (C=O) groups is 1. The Kier molecular flexibility index (Phi) is 4.39. The summed E-state index contributed by atoms with van der Waals surface area (Å²) in [7, 11) is 0. The average molecular weight is 308 g/mol. The second-order valence-corrected chi connectivity index (χ2v) is 5.64. The highest BCUT2D eigenvalue weighted by molar-refractivity contribution is 5.91. The van der Waals surface area contributed by atoms with Crippen LogP contribution in [0.3, 0.4) is 0 Å². The normalized spacial score (nSPS) is 10.9. The first kappa shape index (κ1) is 15.2. The Morgan fingerprint density at radius 3 is 2.91 bits per heavy atom. The van der Waals surface area contributed by atoms with Crippen LogP contribution in [0.1, 0.15) is 23.2 Å². The molecule has 3 aromatic rings. The maximum absolute atomic E-state index is 12.1. The van der Waals surface area contributed by atoms with E-state index in [1.165, 1.54) is 0 Å². The van der Waals surface area contributed by atoms with Crippen LogP contribution in [0, 0.1) is 6.92 Å². The molecule has 118 valence electrons. The van der Waals surface area contributed by atoms with E-state index in [-0.39, 0.29) is 5.91 Å². The van der Waals surface area contributed by atoms with Gasteiger partial charge in [-0.1, -0.05) is 24.3 Å². The van der Waals surface area contributed by atoms with Crippen LogP contribution in [-0.4, -0.2) is 15.3 Å². The first-order valence-electron chi connectivity index (χ1n) is 7.67. The van der Waals surface area contributed by atoms with Crippen LogP contribution in [-0.2, 0) is 17.8 Å². The summed E-state index contributed by atoms with van der Waals surface area (Å²) in [6.45, 7) is 2.46. The monoisotopic (exact) mass is 308 g/mol. The zero-order chi connectivity index (χ0) is 16.2. The summed E-state index contributed by atoms with van der Waals surface area (Å²) in [4.78, 5) is 16.5. The van der Waals surface area contributed by atoms with E-state index in [1.807, 2.05) is 60.1 Å². The van der Waals surface area contributed by atoms with E-state index < -0.39 is 0 Å². The predicted molar refractivity (Wildman–Crippen MR) is 91.2 cm³/mol. The van der Waals surface area contributed by atoms with E-state index in [2.05, 4.69) is 10.3 Å². The molecule has 0 saturated heterocycles. The van der Waals surface area contributed by atoms with Crippen LogP contribution in [0.25, 0.3) is 5.65 Å². The minimum Gasteiger partial charge on any atom is -0.326 e. The number of fused-ring (bicyclic) bond motifs is 1. The molecular formula is C18H20N4O. The molecule has 1 aromatic carbocycles.